The van der Waals surface area contributed by atoms with Crippen molar-refractivity contribution in [1.29, 1.82) is 0 Å². The molecule has 0 amide bonds. The molecule has 0 fully saturated rings. The van der Waals surface area contributed by atoms with Gasteiger partial charge in [0, 0.05) is 17.7 Å². The van der Waals surface area contributed by atoms with Gasteiger partial charge in [-0.15, -0.1) is 0 Å². The summed E-state index contributed by atoms with van der Waals surface area (Å²) < 4.78 is 5.15. The number of aliphatic hydroxyl groups is 2. The molecule has 0 aliphatic heterocycles. The molecule has 1 aromatic carbocycles. The van der Waals surface area contributed by atoms with Gasteiger partial charge < -0.3 is 25.8 Å². The third kappa shape index (κ3) is 2.98. The molecule has 5 N–H and O–H groups in total. The van der Waals surface area contributed by atoms with E-state index in [0.29, 0.717) is 12.9 Å². The lowest BCUT2D eigenvalue weighted by Crippen LogP contribution is -2.27. The van der Waals surface area contributed by atoms with Crippen LogP contribution in [0.2, 0.25) is 0 Å². The molecule has 6 nitrogen and oxygen atoms in total. The number of phenols is 1. The molecule has 6 heteroatoms. The fourth-order valence-corrected chi connectivity index (χ4v) is 1.55. The van der Waals surface area contributed by atoms with Crippen molar-refractivity contribution in [3.8, 4) is 11.5 Å². The van der Waals surface area contributed by atoms with Crippen molar-refractivity contribution >= 4 is 6.29 Å². The lowest BCUT2D eigenvalue weighted by Gasteiger charge is -2.19. The minimum Gasteiger partial charge on any atom is -0.504 e. The van der Waals surface area contributed by atoms with Crippen LogP contribution in [0.4, 0.5) is 0 Å². The highest BCUT2D eigenvalue weighted by Gasteiger charge is 2.23. The Morgan fingerprint density at radius 3 is 2.61 bits per heavy atom. The second kappa shape index (κ2) is 6.34. The highest BCUT2D eigenvalue weighted by molar-refractivity contribution is 5.77. The molecule has 0 bridgehead atoms. The topological polar surface area (TPSA) is 113 Å². The van der Waals surface area contributed by atoms with Crippen LogP contribution in [0.1, 0.15) is 28.9 Å². The SMILES string of the molecule is CCOc1cc(C=O)cc(C(O)C(O)CN)c1O. The van der Waals surface area contributed by atoms with Crippen molar-refractivity contribution in [2.75, 3.05) is 13.2 Å². The molecular weight excluding hydrogens is 238 g/mol. The first-order chi connectivity index (χ1) is 8.54. The van der Waals surface area contributed by atoms with E-state index in [0.717, 1.165) is 0 Å². The summed E-state index contributed by atoms with van der Waals surface area (Å²) in [6, 6.07) is 2.64. The Morgan fingerprint density at radius 1 is 1.44 bits per heavy atom. The number of rotatable bonds is 6. The van der Waals surface area contributed by atoms with E-state index in [4.69, 9.17) is 10.5 Å². The molecule has 1 aromatic rings. The zero-order valence-electron chi connectivity index (χ0n) is 10.0. The summed E-state index contributed by atoms with van der Waals surface area (Å²) in [4.78, 5) is 10.8. The van der Waals surface area contributed by atoms with Gasteiger partial charge in [-0.2, -0.15) is 0 Å². The highest BCUT2D eigenvalue weighted by Crippen LogP contribution is 2.36. The Labute approximate surface area is 105 Å². The van der Waals surface area contributed by atoms with Gasteiger partial charge in [-0.3, -0.25) is 4.79 Å². The van der Waals surface area contributed by atoms with Crippen LogP contribution >= 0.6 is 0 Å². The molecule has 2 atom stereocenters. The molecule has 0 saturated carbocycles. The summed E-state index contributed by atoms with van der Waals surface area (Å²) in [7, 11) is 0. The standard InChI is InChI=1S/C12H17NO5/c1-2-18-10-4-7(6-14)3-8(12(10)17)11(16)9(15)5-13/h3-4,6,9,11,15-17H,2,5,13H2,1H3. The monoisotopic (exact) mass is 255 g/mol. The van der Waals surface area contributed by atoms with Crippen LogP contribution < -0.4 is 10.5 Å². The maximum Gasteiger partial charge on any atom is 0.163 e. The van der Waals surface area contributed by atoms with E-state index in [9.17, 15) is 20.1 Å². The van der Waals surface area contributed by atoms with Gasteiger partial charge in [0.1, 0.15) is 12.4 Å². The Kier molecular flexibility index (Phi) is 5.08. The Balaban J connectivity index is 3.24. The molecule has 0 radical (unpaired) electrons. The van der Waals surface area contributed by atoms with E-state index in [1.54, 1.807) is 6.92 Å². The fraction of sp³-hybridized carbons (Fsp3) is 0.417. The van der Waals surface area contributed by atoms with E-state index in [1.807, 2.05) is 0 Å². The van der Waals surface area contributed by atoms with Crippen molar-refractivity contribution in [1.82, 2.24) is 0 Å². The number of carbonyl (C=O) groups excluding carboxylic acids is 1. The Hall–Kier alpha value is -1.63. The van der Waals surface area contributed by atoms with Gasteiger partial charge in [0.25, 0.3) is 0 Å². The third-order valence-electron chi connectivity index (χ3n) is 2.49. The maximum absolute atomic E-state index is 10.8. The largest absolute Gasteiger partial charge is 0.504 e. The van der Waals surface area contributed by atoms with Crippen molar-refractivity contribution < 1.29 is 24.9 Å². The fourth-order valence-electron chi connectivity index (χ4n) is 1.55. The van der Waals surface area contributed by atoms with Crippen LogP contribution in [-0.2, 0) is 0 Å². The van der Waals surface area contributed by atoms with Crippen LogP contribution in [0, 0.1) is 0 Å². The van der Waals surface area contributed by atoms with Gasteiger partial charge in [-0.05, 0) is 19.1 Å². The second-order valence-electron chi connectivity index (χ2n) is 3.76. The number of hydrogen-bond donors (Lipinski definition) is 4. The average Bonchev–Trinajstić information content (AvgIpc) is 2.39. The lowest BCUT2D eigenvalue weighted by molar-refractivity contribution is 0.0227. The first-order valence-electron chi connectivity index (χ1n) is 5.56. The van der Waals surface area contributed by atoms with E-state index in [-0.39, 0.29) is 29.2 Å². The summed E-state index contributed by atoms with van der Waals surface area (Å²) in [5.41, 5.74) is 5.48. The van der Waals surface area contributed by atoms with Crippen LogP contribution in [-0.4, -0.2) is 40.9 Å². The number of aromatic hydroxyl groups is 1. The van der Waals surface area contributed by atoms with E-state index < -0.39 is 12.2 Å². The smallest absolute Gasteiger partial charge is 0.163 e. The summed E-state index contributed by atoms with van der Waals surface area (Å²) in [6.07, 6.45) is -2.05. The Morgan fingerprint density at radius 2 is 2.11 bits per heavy atom. The molecule has 0 heterocycles. The summed E-state index contributed by atoms with van der Waals surface area (Å²) in [5, 5.41) is 29.2. The lowest BCUT2D eigenvalue weighted by atomic mass is 10.0. The average molecular weight is 255 g/mol. The Bertz CT molecular complexity index is 421. The van der Waals surface area contributed by atoms with Crippen LogP contribution in [0.15, 0.2) is 12.1 Å². The summed E-state index contributed by atoms with van der Waals surface area (Å²) >= 11 is 0. The van der Waals surface area contributed by atoms with Crippen LogP contribution in [0.25, 0.3) is 0 Å². The molecule has 2 unspecified atom stereocenters. The molecule has 0 saturated heterocycles. The normalized spacial score (nSPS) is 14.0. The van der Waals surface area contributed by atoms with Gasteiger partial charge in [0.2, 0.25) is 0 Å². The molecule has 100 valence electrons. The minimum atomic E-state index is -1.38. The molecule has 0 aliphatic rings. The van der Waals surface area contributed by atoms with Crippen LogP contribution in [0.3, 0.4) is 0 Å². The van der Waals surface area contributed by atoms with Gasteiger partial charge in [0.05, 0.1) is 12.7 Å². The second-order valence-corrected chi connectivity index (χ2v) is 3.76. The van der Waals surface area contributed by atoms with E-state index in [1.165, 1.54) is 12.1 Å². The zero-order chi connectivity index (χ0) is 13.7. The van der Waals surface area contributed by atoms with E-state index in [2.05, 4.69) is 0 Å². The van der Waals surface area contributed by atoms with Gasteiger partial charge in [-0.1, -0.05) is 0 Å². The quantitative estimate of drug-likeness (QED) is 0.530. The number of ether oxygens (including phenoxy) is 1. The first kappa shape index (κ1) is 14.4. The molecule has 18 heavy (non-hydrogen) atoms. The molecule has 0 spiro atoms. The van der Waals surface area contributed by atoms with Crippen molar-refractivity contribution in [3.05, 3.63) is 23.3 Å². The molecular formula is C12H17NO5. The van der Waals surface area contributed by atoms with Gasteiger partial charge in [-0.25, -0.2) is 0 Å². The summed E-state index contributed by atoms with van der Waals surface area (Å²) in [5.74, 6) is -0.220. The summed E-state index contributed by atoms with van der Waals surface area (Å²) in [6.45, 7) is 1.85. The first-order valence-corrected chi connectivity index (χ1v) is 5.56. The number of carbonyl (C=O) groups is 1. The highest BCUT2D eigenvalue weighted by atomic mass is 16.5. The number of phenolic OH excluding ortho intramolecular Hbond substituents is 1. The predicted molar refractivity (Wildman–Crippen MR) is 64.7 cm³/mol. The van der Waals surface area contributed by atoms with Crippen molar-refractivity contribution in [2.24, 2.45) is 5.73 Å². The molecule has 1 rings (SSSR count). The molecule has 0 aromatic heterocycles. The van der Waals surface area contributed by atoms with Gasteiger partial charge >= 0.3 is 0 Å². The number of aldehydes is 1. The van der Waals surface area contributed by atoms with Gasteiger partial charge in [0.15, 0.2) is 11.5 Å². The third-order valence-corrected chi connectivity index (χ3v) is 2.49. The minimum absolute atomic E-state index is 0.0148. The predicted octanol–water partition coefficient (Wildman–Crippen LogP) is -0.0436. The number of nitrogens with two attached hydrogens (primary N) is 1. The van der Waals surface area contributed by atoms with Crippen LogP contribution in [0.5, 0.6) is 11.5 Å². The number of aliphatic hydroxyl groups excluding tert-OH is 2. The number of hydrogen-bond acceptors (Lipinski definition) is 6. The number of benzene rings is 1. The van der Waals surface area contributed by atoms with Crippen molar-refractivity contribution in [3.63, 3.8) is 0 Å². The molecule has 0 aliphatic carbocycles. The maximum atomic E-state index is 10.8. The van der Waals surface area contributed by atoms with Crippen molar-refractivity contribution in [2.45, 2.75) is 19.1 Å². The van der Waals surface area contributed by atoms with E-state index >= 15 is 0 Å². The zero-order valence-corrected chi connectivity index (χ0v) is 10.0.